The van der Waals surface area contributed by atoms with Gasteiger partial charge in [-0.15, -0.1) is 0 Å². The summed E-state index contributed by atoms with van der Waals surface area (Å²) in [5.41, 5.74) is 0.551. The average molecular weight is 271 g/mol. The fourth-order valence-corrected chi connectivity index (χ4v) is 1.45. The molecule has 1 aromatic carbocycles. The van der Waals surface area contributed by atoms with Gasteiger partial charge in [-0.25, -0.2) is 0 Å². The predicted molar refractivity (Wildman–Crippen MR) is 69.8 cm³/mol. The van der Waals surface area contributed by atoms with E-state index >= 15 is 0 Å². The normalized spacial score (nSPS) is 11.9. The minimum atomic E-state index is -0.943. The molecule has 1 atom stereocenters. The molecule has 18 heavy (non-hydrogen) atoms. The molecular formula is C12H15ClN2O3. The third-order valence-electron chi connectivity index (χ3n) is 2.32. The summed E-state index contributed by atoms with van der Waals surface area (Å²) >= 11 is 5.89. The van der Waals surface area contributed by atoms with E-state index in [1.165, 1.54) is 6.92 Å². The van der Waals surface area contributed by atoms with E-state index in [4.69, 9.17) is 16.7 Å². The quantitative estimate of drug-likeness (QED) is 0.736. The molecule has 1 rings (SSSR count). The number of anilines is 1. The first kappa shape index (κ1) is 14.5. The first-order chi connectivity index (χ1) is 8.50. The minimum absolute atomic E-state index is 0.183. The Labute approximate surface area is 110 Å². The summed E-state index contributed by atoms with van der Waals surface area (Å²) in [4.78, 5) is 22.1. The van der Waals surface area contributed by atoms with Crippen LogP contribution < -0.4 is 10.6 Å². The van der Waals surface area contributed by atoms with Crippen molar-refractivity contribution < 1.29 is 14.7 Å². The topological polar surface area (TPSA) is 78.4 Å². The minimum Gasteiger partial charge on any atom is -0.480 e. The van der Waals surface area contributed by atoms with Crippen molar-refractivity contribution >= 4 is 29.2 Å². The lowest BCUT2D eigenvalue weighted by atomic mass is 10.3. The molecule has 0 aromatic heterocycles. The summed E-state index contributed by atoms with van der Waals surface area (Å²) in [7, 11) is 0. The van der Waals surface area contributed by atoms with Crippen LogP contribution in [0.2, 0.25) is 5.02 Å². The van der Waals surface area contributed by atoms with Crippen molar-refractivity contribution in [1.82, 2.24) is 5.32 Å². The van der Waals surface area contributed by atoms with Gasteiger partial charge in [-0.3, -0.25) is 9.59 Å². The summed E-state index contributed by atoms with van der Waals surface area (Å²) in [6.45, 7) is 1.82. The van der Waals surface area contributed by atoms with Crippen LogP contribution in [-0.2, 0) is 9.59 Å². The van der Waals surface area contributed by atoms with Crippen molar-refractivity contribution in [2.75, 3.05) is 11.9 Å². The second-order valence-corrected chi connectivity index (χ2v) is 4.20. The predicted octanol–water partition coefficient (Wildman–Crippen LogP) is 1.73. The van der Waals surface area contributed by atoms with Gasteiger partial charge in [-0.1, -0.05) is 23.7 Å². The molecule has 0 aliphatic carbocycles. The number of amides is 1. The molecule has 3 N–H and O–H groups in total. The zero-order chi connectivity index (χ0) is 13.5. The number of carbonyl (C=O) groups excluding carboxylic acids is 1. The number of carbonyl (C=O) groups is 2. The maximum absolute atomic E-state index is 11.6. The highest BCUT2D eigenvalue weighted by Gasteiger charge is 2.10. The standard InChI is InChI=1S/C12H15ClN2O3/c1-8(12(17)18)14-7-6-11(16)15-10-5-3-2-4-9(10)13/h2-5,8,14H,6-7H2,1H3,(H,15,16)(H,17,18)/t8-/m0/s1. The molecule has 1 amide bonds. The summed E-state index contributed by atoms with van der Waals surface area (Å²) in [6.07, 6.45) is 0.183. The average Bonchev–Trinajstić information content (AvgIpc) is 2.32. The molecule has 6 heteroatoms. The number of benzene rings is 1. The highest BCUT2D eigenvalue weighted by atomic mass is 35.5. The number of halogens is 1. The lowest BCUT2D eigenvalue weighted by Gasteiger charge is -2.09. The lowest BCUT2D eigenvalue weighted by Crippen LogP contribution is -2.35. The van der Waals surface area contributed by atoms with Gasteiger partial charge in [0.25, 0.3) is 0 Å². The molecule has 0 spiro atoms. The van der Waals surface area contributed by atoms with Gasteiger partial charge in [0, 0.05) is 13.0 Å². The van der Waals surface area contributed by atoms with E-state index in [0.29, 0.717) is 17.3 Å². The number of carboxylic acids is 1. The number of para-hydroxylation sites is 1. The van der Waals surface area contributed by atoms with Crippen molar-refractivity contribution in [1.29, 1.82) is 0 Å². The van der Waals surface area contributed by atoms with E-state index in [-0.39, 0.29) is 12.3 Å². The first-order valence-electron chi connectivity index (χ1n) is 5.51. The molecule has 0 unspecified atom stereocenters. The zero-order valence-corrected chi connectivity index (χ0v) is 10.7. The van der Waals surface area contributed by atoms with Crippen LogP contribution in [0, 0.1) is 0 Å². The first-order valence-corrected chi connectivity index (χ1v) is 5.89. The van der Waals surface area contributed by atoms with Gasteiger partial charge in [-0.2, -0.15) is 0 Å². The van der Waals surface area contributed by atoms with Gasteiger partial charge in [0.05, 0.1) is 10.7 Å². The van der Waals surface area contributed by atoms with Gasteiger partial charge >= 0.3 is 5.97 Å². The van der Waals surface area contributed by atoms with Crippen LogP contribution in [0.3, 0.4) is 0 Å². The molecule has 0 fully saturated rings. The molecule has 0 aliphatic heterocycles. The van der Waals surface area contributed by atoms with Gasteiger partial charge < -0.3 is 15.7 Å². The second-order valence-electron chi connectivity index (χ2n) is 3.79. The van der Waals surface area contributed by atoms with Crippen molar-refractivity contribution in [3.05, 3.63) is 29.3 Å². The number of rotatable bonds is 6. The maximum atomic E-state index is 11.6. The highest BCUT2D eigenvalue weighted by Crippen LogP contribution is 2.20. The van der Waals surface area contributed by atoms with Crippen molar-refractivity contribution in [2.24, 2.45) is 0 Å². The monoisotopic (exact) mass is 270 g/mol. The number of hydrogen-bond acceptors (Lipinski definition) is 3. The molecule has 0 radical (unpaired) electrons. The molecule has 0 heterocycles. The Morgan fingerprint density at radius 2 is 2.06 bits per heavy atom. The summed E-state index contributed by atoms with van der Waals surface area (Å²) in [5, 5.41) is 14.5. The van der Waals surface area contributed by atoms with Crippen LogP contribution in [0.25, 0.3) is 0 Å². The fraction of sp³-hybridized carbons (Fsp3) is 0.333. The van der Waals surface area contributed by atoms with E-state index in [1.54, 1.807) is 24.3 Å². The van der Waals surface area contributed by atoms with E-state index < -0.39 is 12.0 Å². The molecule has 0 aliphatic rings. The van der Waals surface area contributed by atoms with E-state index in [2.05, 4.69) is 10.6 Å². The van der Waals surface area contributed by atoms with Crippen LogP contribution >= 0.6 is 11.6 Å². The van der Waals surface area contributed by atoms with Gasteiger partial charge in [0.15, 0.2) is 0 Å². The van der Waals surface area contributed by atoms with E-state index in [0.717, 1.165) is 0 Å². The second kappa shape index (κ2) is 6.98. The lowest BCUT2D eigenvalue weighted by molar-refractivity contribution is -0.139. The molecular weight excluding hydrogens is 256 g/mol. The largest absolute Gasteiger partial charge is 0.480 e. The third-order valence-corrected chi connectivity index (χ3v) is 2.65. The Hall–Kier alpha value is -1.59. The van der Waals surface area contributed by atoms with Crippen LogP contribution in [0.15, 0.2) is 24.3 Å². The Balaban J connectivity index is 2.35. The Kier molecular flexibility index (Phi) is 5.61. The number of carboxylic acid groups (broad SMARTS) is 1. The highest BCUT2D eigenvalue weighted by molar-refractivity contribution is 6.33. The molecule has 0 saturated heterocycles. The maximum Gasteiger partial charge on any atom is 0.320 e. The van der Waals surface area contributed by atoms with Gasteiger partial charge in [-0.05, 0) is 19.1 Å². The number of hydrogen-bond donors (Lipinski definition) is 3. The molecule has 1 aromatic rings. The van der Waals surface area contributed by atoms with Crippen molar-refractivity contribution in [2.45, 2.75) is 19.4 Å². The summed E-state index contributed by atoms with van der Waals surface area (Å²) in [5.74, 6) is -1.16. The van der Waals surface area contributed by atoms with Gasteiger partial charge in [0.1, 0.15) is 6.04 Å². The van der Waals surface area contributed by atoms with Crippen LogP contribution in [0.4, 0.5) is 5.69 Å². The zero-order valence-electron chi connectivity index (χ0n) is 9.94. The van der Waals surface area contributed by atoms with E-state index in [1.807, 2.05) is 0 Å². The van der Waals surface area contributed by atoms with Gasteiger partial charge in [0.2, 0.25) is 5.91 Å². The number of aliphatic carboxylic acids is 1. The molecule has 98 valence electrons. The molecule has 0 saturated carbocycles. The molecule has 5 nitrogen and oxygen atoms in total. The smallest absolute Gasteiger partial charge is 0.320 e. The molecule has 0 bridgehead atoms. The van der Waals surface area contributed by atoms with Crippen LogP contribution in [0.1, 0.15) is 13.3 Å². The Bertz CT molecular complexity index is 437. The van der Waals surface area contributed by atoms with E-state index in [9.17, 15) is 9.59 Å². The van der Waals surface area contributed by atoms with Crippen LogP contribution in [-0.4, -0.2) is 29.6 Å². The summed E-state index contributed by atoms with van der Waals surface area (Å²) < 4.78 is 0. The van der Waals surface area contributed by atoms with Crippen molar-refractivity contribution in [3.63, 3.8) is 0 Å². The fourth-order valence-electron chi connectivity index (χ4n) is 1.26. The Morgan fingerprint density at radius 3 is 2.67 bits per heavy atom. The summed E-state index contributed by atoms with van der Waals surface area (Å²) in [6, 6.07) is 6.26. The van der Waals surface area contributed by atoms with Crippen LogP contribution in [0.5, 0.6) is 0 Å². The third kappa shape index (κ3) is 4.73. The number of nitrogens with one attached hydrogen (secondary N) is 2. The van der Waals surface area contributed by atoms with Crippen molar-refractivity contribution in [3.8, 4) is 0 Å². The SMILES string of the molecule is C[C@H](NCCC(=O)Nc1ccccc1Cl)C(=O)O. The Morgan fingerprint density at radius 1 is 1.39 bits per heavy atom.